The van der Waals surface area contributed by atoms with Gasteiger partial charge in [0.2, 0.25) is 0 Å². The largest absolute Gasteiger partial charge is 0.345 e. The molecule has 1 aliphatic rings. The van der Waals surface area contributed by atoms with E-state index in [0.717, 1.165) is 24.2 Å². The standard InChI is InChI=1S/C12H12F2N2/c1-16-10-4-5-15-6-7(10)11-8(13)2-3-9(14)12(11)16/h2-3,15H,4-6H2,1H3. The van der Waals surface area contributed by atoms with Crippen LogP contribution in [0.15, 0.2) is 12.1 Å². The Balaban J connectivity index is 2.48. The van der Waals surface area contributed by atoms with Crippen LogP contribution >= 0.6 is 0 Å². The van der Waals surface area contributed by atoms with Crippen molar-refractivity contribution in [1.29, 1.82) is 0 Å². The molecule has 0 fully saturated rings. The van der Waals surface area contributed by atoms with E-state index in [0.29, 0.717) is 17.4 Å². The van der Waals surface area contributed by atoms with Crippen molar-refractivity contribution in [1.82, 2.24) is 9.88 Å². The van der Waals surface area contributed by atoms with E-state index < -0.39 is 0 Å². The number of nitrogens with zero attached hydrogens (tertiary/aromatic N) is 1. The molecule has 0 aliphatic carbocycles. The molecule has 1 aromatic carbocycles. The molecule has 3 rings (SSSR count). The van der Waals surface area contributed by atoms with Gasteiger partial charge in [-0.15, -0.1) is 0 Å². The first-order valence-electron chi connectivity index (χ1n) is 5.35. The van der Waals surface area contributed by atoms with Crippen LogP contribution in [-0.2, 0) is 20.0 Å². The summed E-state index contributed by atoms with van der Waals surface area (Å²) in [6.45, 7) is 1.48. The lowest BCUT2D eigenvalue weighted by molar-refractivity contribution is 0.611. The number of rotatable bonds is 0. The molecule has 0 saturated heterocycles. The summed E-state index contributed by atoms with van der Waals surface area (Å²) in [6.07, 6.45) is 0.819. The summed E-state index contributed by atoms with van der Waals surface area (Å²) in [5.74, 6) is -0.690. The Morgan fingerprint density at radius 2 is 2.00 bits per heavy atom. The first kappa shape index (κ1) is 9.78. The van der Waals surface area contributed by atoms with E-state index >= 15 is 0 Å². The fourth-order valence-electron chi connectivity index (χ4n) is 2.57. The number of fused-ring (bicyclic) bond motifs is 3. The normalized spacial score (nSPS) is 15.4. The molecule has 0 radical (unpaired) electrons. The highest BCUT2D eigenvalue weighted by Gasteiger charge is 2.22. The molecular formula is C12H12F2N2. The molecule has 0 spiro atoms. The number of hydrogen-bond acceptors (Lipinski definition) is 1. The van der Waals surface area contributed by atoms with Crippen LogP contribution in [0, 0.1) is 11.6 Å². The van der Waals surface area contributed by atoms with Crippen molar-refractivity contribution in [3.05, 3.63) is 35.0 Å². The van der Waals surface area contributed by atoms with E-state index in [-0.39, 0.29) is 11.6 Å². The molecule has 0 atom stereocenters. The summed E-state index contributed by atoms with van der Waals surface area (Å²) < 4.78 is 29.2. The summed E-state index contributed by atoms with van der Waals surface area (Å²) >= 11 is 0. The van der Waals surface area contributed by atoms with E-state index in [2.05, 4.69) is 5.32 Å². The van der Waals surface area contributed by atoms with Gasteiger partial charge >= 0.3 is 0 Å². The molecule has 1 aromatic heterocycles. The first-order valence-corrected chi connectivity index (χ1v) is 5.35. The Bertz CT molecular complexity index is 572. The van der Waals surface area contributed by atoms with Crippen molar-refractivity contribution in [3.63, 3.8) is 0 Å². The minimum atomic E-state index is -0.353. The highest BCUT2D eigenvalue weighted by Crippen LogP contribution is 2.31. The molecule has 0 saturated carbocycles. The van der Waals surface area contributed by atoms with Crippen molar-refractivity contribution in [2.45, 2.75) is 13.0 Å². The van der Waals surface area contributed by atoms with Gasteiger partial charge in [-0.3, -0.25) is 0 Å². The van der Waals surface area contributed by atoms with Gasteiger partial charge in [0, 0.05) is 37.6 Å². The highest BCUT2D eigenvalue weighted by molar-refractivity contribution is 5.86. The van der Waals surface area contributed by atoms with Crippen LogP contribution in [0.2, 0.25) is 0 Å². The lowest BCUT2D eigenvalue weighted by atomic mass is 10.1. The predicted molar refractivity (Wildman–Crippen MR) is 58.2 cm³/mol. The summed E-state index contributed by atoms with van der Waals surface area (Å²) in [4.78, 5) is 0. The average molecular weight is 222 g/mol. The van der Waals surface area contributed by atoms with E-state index in [4.69, 9.17) is 0 Å². The number of aromatic nitrogens is 1. The lowest BCUT2D eigenvalue weighted by Crippen LogP contribution is -2.24. The summed E-state index contributed by atoms with van der Waals surface area (Å²) in [5, 5.41) is 3.63. The quantitative estimate of drug-likeness (QED) is 0.722. The topological polar surface area (TPSA) is 17.0 Å². The SMILES string of the molecule is Cn1c2c(c3c(F)ccc(F)c31)CNCC2. The van der Waals surface area contributed by atoms with Gasteiger partial charge in [0.1, 0.15) is 11.6 Å². The molecule has 0 amide bonds. The number of aryl methyl sites for hydroxylation is 1. The van der Waals surface area contributed by atoms with E-state index in [9.17, 15) is 8.78 Å². The zero-order chi connectivity index (χ0) is 11.3. The molecule has 1 aliphatic heterocycles. The number of hydrogen-bond donors (Lipinski definition) is 1. The van der Waals surface area contributed by atoms with Crippen LogP contribution in [0.3, 0.4) is 0 Å². The van der Waals surface area contributed by atoms with Crippen LogP contribution < -0.4 is 5.32 Å². The summed E-state index contributed by atoms with van der Waals surface area (Å²) in [5.41, 5.74) is 2.33. The smallest absolute Gasteiger partial charge is 0.147 e. The molecule has 2 aromatic rings. The fraction of sp³-hybridized carbons (Fsp3) is 0.333. The van der Waals surface area contributed by atoms with Gasteiger partial charge < -0.3 is 9.88 Å². The van der Waals surface area contributed by atoms with Gasteiger partial charge in [0.25, 0.3) is 0 Å². The second-order valence-corrected chi connectivity index (χ2v) is 4.16. The van der Waals surface area contributed by atoms with Gasteiger partial charge in [-0.05, 0) is 17.7 Å². The fourth-order valence-corrected chi connectivity index (χ4v) is 2.57. The predicted octanol–water partition coefficient (Wildman–Crippen LogP) is 2.10. The third kappa shape index (κ3) is 1.13. The van der Waals surface area contributed by atoms with Gasteiger partial charge in [-0.25, -0.2) is 8.78 Å². The minimum Gasteiger partial charge on any atom is -0.345 e. The van der Waals surface area contributed by atoms with Crippen LogP contribution in [0.25, 0.3) is 10.9 Å². The molecule has 0 bridgehead atoms. The molecule has 0 unspecified atom stereocenters. The van der Waals surface area contributed by atoms with Gasteiger partial charge in [0.15, 0.2) is 0 Å². The Hall–Kier alpha value is -1.42. The van der Waals surface area contributed by atoms with Crippen molar-refractivity contribution < 1.29 is 8.78 Å². The number of halogens is 2. The van der Waals surface area contributed by atoms with Gasteiger partial charge in [-0.1, -0.05) is 0 Å². The van der Waals surface area contributed by atoms with E-state index in [1.165, 1.54) is 12.1 Å². The molecule has 1 N–H and O–H groups in total. The Morgan fingerprint density at radius 1 is 1.25 bits per heavy atom. The Morgan fingerprint density at radius 3 is 2.81 bits per heavy atom. The minimum absolute atomic E-state index is 0.336. The maximum absolute atomic E-state index is 13.8. The Kier molecular flexibility index (Phi) is 2.01. The van der Waals surface area contributed by atoms with Crippen molar-refractivity contribution in [2.24, 2.45) is 7.05 Å². The lowest BCUT2D eigenvalue weighted by Gasteiger charge is -2.14. The molecule has 16 heavy (non-hydrogen) atoms. The number of nitrogens with one attached hydrogen (secondary N) is 1. The summed E-state index contributed by atoms with van der Waals surface area (Å²) in [7, 11) is 1.80. The van der Waals surface area contributed by atoms with Crippen molar-refractivity contribution in [3.8, 4) is 0 Å². The zero-order valence-corrected chi connectivity index (χ0v) is 8.98. The highest BCUT2D eigenvalue weighted by atomic mass is 19.1. The zero-order valence-electron chi connectivity index (χ0n) is 8.98. The second-order valence-electron chi connectivity index (χ2n) is 4.16. The van der Waals surface area contributed by atoms with Crippen molar-refractivity contribution >= 4 is 10.9 Å². The van der Waals surface area contributed by atoms with Gasteiger partial charge in [0.05, 0.1) is 5.52 Å². The van der Waals surface area contributed by atoms with Crippen LogP contribution in [-0.4, -0.2) is 11.1 Å². The maximum Gasteiger partial charge on any atom is 0.147 e. The molecule has 4 heteroatoms. The first-order chi connectivity index (χ1) is 7.70. The van der Waals surface area contributed by atoms with E-state index in [1.807, 2.05) is 0 Å². The third-order valence-corrected chi connectivity index (χ3v) is 3.31. The maximum atomic E-state index is 13.8. The third-order valence-electron chi connectivity index (χ3n) is 3.31. The van der Waals surface area contributed by atoms with Crippen LogP contribution in [0.4, 0.5) is 8.78 Å². The second kappa shape index (κ2) is 3.28. The molecule has 2 heterocycles. The van der Waals surface area contributed by atoms with Crippen molar-refractivity contribution in [2.75, 3.05) is 6.54 Å². The molecule has 2 nitrogen and oxygen atoms in total. The monoisotopic (exact) mass is 222 g/mol. The van der Waals surface area contributed by atoms with Crippen LogP contribution in [0.5, 0.6) is 0 Å². The number of benzene rings is 1. The van der Waals surface area contributed by atoms with Crippen LogP contribution in [0.1, 0.15) is 11.3 Å². The molecule has 84 valence electrons. The average Bonchev–Trinajstić information content (AvgIpc) is 2.60. The van der Waals surface area contributed by atoms with E-state index in [1.54, 1.807) is 11.6 Å². The summed E-state index contributed by atoms with van der Waals surface area (Å²) in [6, 6.07) is 2.39. The Labute approximate surface area is 91.9 Å². The van der Waals surface area contributed by atoms with Gasteiger partial charge in [-0.2, -0.15) is 0 Å². The molecular weight excluding hydrogens is 210 g/mol.